The van der Waals surface area contributed by atoms with Gasteiger partial charge in [0.1, 0.15) is 5.75 Å². The van der Waals surface area contributed by atoms with Crippen LogP contribution in [0.2, 0.25) is 0 Å². The summed E-state index contributed by atoms with van der Waals surface area (Å²) in [6, 6.07) is 14.8. The van der Waals surface area contributed by atoms with Crippen molar-refractivity contribution in [3.05, 3.63) is 54.1 Å². The Kier molecular flexibility index (Phi) is 4.24. The van der Waals surface area contributed by atoms with Gasteiger partial charge in [-0.25, -0.2) is 0 Å². The number of phenols is 1. The Hall–Kier alpha value is -2.11. The van der Waals surface area contributed by atoms with Crippen LogP contribution in [0, 0.1) is 0 Å². The second-order valence-corrected chi connectivity index (χ2v) is 7.00. The van der Waals surface area contributed by atoms with Gasteiger partial charge in [0.05, 0.1) is 16.9 Å². The molecule has 1 aliphatic heterocycles. The number of phenolic OH excluding ortho intramolecular Hbond substituents is 1. The first-order valence-electron chi connectivity index (χ1n) is 8.06. The molecule has 0 aromatic heterocycles. The highest BCUT2D eigenvalue weighted by atomic mass is 16.7. The van der Waals surface area contributed by atoms with E-state index in [9.17, 15) is 5.11 Å². The molecule has 0 atom stereocenters. The van der Waals surface area contributed by atoms with Gasteiger partial charge < -0.3 is 14.4 Å². The molecule has 0 aliphatic carbocycles. The van der Waals surface area contributed by atoms with Crippen molar-refractivity contribution >= 4 is 24.5 Å². The monoisotopic (exact) mass is 323 g/mol. The Balaban J connectivity index is 1.74. The third-order valence-corrected chi connectivity index (χ3v) is 4.71. The van der Waals surface area contributed by atoms with Gasteiger partial charge in [-0.3, -0.25) is 4.99 Å². The van der Waals surface area contributed by atoms with Gasteiger partial charge in [-0.1, -0.05) is 24.3 Å². The van der Waals surface area contributed by atoms with E-state index in [2.05, 4.69) is 4.99 Å². The summed E-state index contributed by atoms with van der Waals surface area (Å²) in [6.45, 7) is 8.16. The van der Waals surface area contributed by atoms with E-state index in [0.29, 0.717) is 5.56 Å². The van der Waals surface area contributed by atoms with Crippen LogP contribution in [0.15, 0.2) is 53.5 Å². The van der Waals surface area contributed by atoms with Crippen molar-refractivity contribution in [1.82, 2.24) is 0 Å². The first-order valence-corrected chi connectivity index (χ1v) is 8.06. The first kappa shape index (κ1) is 16.7. The molecule has 1 saturated heterocycles. The molecule has 5 heteroatoms. The number of hydrogen-bond donors (Lipinski definition) is 1. The fourth-order valence-corrected chi connectivity index (χ4v) is 2.44. The molecular weight excluding hydrogens is 301 g/mol. The third-order valence-electron chi connectivity index (χ3n) is 4.71. The summed E-state index contributed by atoms with van der Waals surface area (Å²) in [6.07, 6.45) is 1.65. The van der Waals surface area contributed by atoms with Crippen molar-refractivity contribution in [2.75, 3.05) is 0 Å². The van der Waals surface area contributed by atoms with E-state index in [0.717, 1.165) is 11.2 Å². The molecule has 1 heterocycles. The summed E-state index contributed by atoms with van der Waals surface area (Å²) in [7, 11) is -0.369. The lowest BCUT2D eigenvalue weighted by molar-refractivity contribution is 0.00578. The highest BCUT2D eigenvalue weighted by Crippen LogP contribution is 2.36. The lowest BCUT2D eigenvalue weighted by Gasteiger charge is -2.32. The molecule has 1 N–H and O–H groups in total. The van der Waals surface area contributed by atoms with Gasteiger partial charge >= 0.3 is 7.12 Å². The van der Waals surface area contributed by atoms with Crippen LogP contribution >= 0.6 is 0 Å². The lowest BCUT2D eigenvalue weighted by Crippen LogP contribution is -2.41. The SMILES string of the molecule is CC1(C)OB(c2ccc(N=Cc3ccccc3O)cc2)OC1(C)C. The average Bonchev–Trinajstić information content (AvgIpc) is 2.75. The van der Waals surface area contributed by atoms with E-state index >= 15 is 0 Å². The number of benzene rings is 2. The number of aliphatic imine (C=N–C) groups is 1. The topological polar surface area (TPSA) is 51.0 Å². The zero-order valence-electron chi connectivity index (χ0n) is 14.5. The van der Waals surface area contributed by atoms with Crippen LogP contribution in [0.5, 0.6) is 5.75 Å². The highest BCUT2D eigenvalue weighted by molar-refractivity contribution is 6.62. The average molecular weight is 323 g/mol. The molecule has 2 aromatic carbocycles. The molecule has 0 radical (unpaired) electrons. The summed E-state index contributed by atoms with van der Waals surface area (Å²) < 4.78 is 12.1. The zero-order chi connectivity index (χ0) is 17.4. The number of hydrogen-bond acceptors (Lipinski definition) is 4. The van der Waals surface area contributed by atoms with Crippen LogP contribution < -0.4 is 5.46 Å². The minimum absolute atomic E-state index is 0.218. The van der Waals surface area contributed by atoms with Crippen molar-refractivity contribution in [1.29, 1.82) is 0 Å². The maximum absolute atomic E-state index is 9.75. The Labute approximate surface area is 143 Å². The lowest BCUT2D eigenvalue weighted by atomic mass is 9.79. The van der Waals surface area contributed by atoms with E-state index in [1.165, 1.54) is 0 Å². The number of aromatic hydroxyl groups is 1. The predicted molar refractivity (Wildman–Crippen MR) is 97.5 cm³/mol. The van der Waals surface area contributed by atoms with Gasteiger partial charge in [-0.2, -0.15) is 0 Å². The van der Waals surface area contributed by atoms with Crippen LogP contribution in [-0.4, -0.2) is 29.6 Å². The fourth-order valence-electron chi connectivity index (χ4n) is 2.44. The Morgan fingerprint density at radius 2 is 1.50 bits per heavy atom. The highest BCUT2D eigenvalue weighted by Gasteiger charge is 2.51. The van der Waals surface area contributed by atoms with Gasteiger partial charge in [0.2, 0.25) is 0 Å². The molecule has 3 rings (SSSR count). The molecule has 24 heavy (non-hydrogen) atoms. The van der Waals surface area contributed by atoms with Gasteiger partial charge in [-0.15, -0.1) is 0 Å². The predicted octanol–water partition coefficient (Wildman–Crippen LogP) is 3.44. The summed E-state index contributed by atoms with van der Waals surface area (Å²) in [5.74, 6) is 0.218. The Bertz CT molecular complexity index is 737. The molecule has 0 spiro atoms. The van der Waals surface area contributed by atoms with E-state index in [1.54, 1.807) is 18.3 Å². The Morgan fingerprint density at radius 3 is 2.08 bits per heavy atom. The summed E-state index contributed by atoms with van der Waals surface area (Å²) in [4.78, 5) is 4.40. The van der Waals surface area contributed by atoms with Gasteiger partial charge in [0, 0.05) is 11.8 Å². The van der Waals surface area contributed by atoms with Crippen LogP contribution in [0.3, 0.4) is 0 Å². The van der Waals surface area contributed by atoms with E-state index in [4.69, 9.17) is 9.31 Å². The van der Waals surface area contributed by atoms with Crippen molar-refractivity contribution in [2.24, 2.45) is 4.99 Å². The molecule has 2 aromatic rings. The Morgan fingerprint density at radius 1 is 0.917 bits per heavy atom. The molecule has 4 nitrogen and oxygen atoms in total. The largest absolute Gasteiger partial charge is 0.507 e. The van der Waals surface area contributed by atoms with E-state index in [1.807, 2.05) is 64.1 Å². The molecule has 0 saturated carbocycles. The van der Waals surface area contributed by atoms with Gasteiger partial charge in [0.15, 0.2) is 0 Å². The van der Waals surface area contributed by atoms with Crippen molar-refractivity contribution in [3.8, 4) is 5.75 Å². The van der Waals surface area contributed by atoms with Gasteiger partial charge in [0.25, 0.3) is 0 Å². The molecule has 124 valence electrons. The number of nitrogens with zero attached hydrogens (tertiary/aromatic N) is 1. The third kappa shape index (κ3) is 3.23. The summed E-state index contributed by atoms with van der Waals surface area (Å²) in [5.41, 5.74) is 1.76. The molecule has 1 fully saturated rings. The molecule has 0 unspecified atom stereocenters. The van der Waals surface area contributed by atoms with Crippen molar-refractivity contribution < 1.29 is 14.4 Å². The van der Waals surface area contributed by atoms with Crippen molar-refractivity contribution in [3.63, 3.8) is 0 Å². The van der Waals surface area contributed by atoms with Crippen LogP contribution in [-0.2, 0) is 9.31 Å². The maximum atomic E-state index is 9.75. The second kappa shape index (κ2) is 6.08. The number of rotatable bonds is 3. The molecule has 0 bridgehead atoms. The second-order valence-electron chi connectivity index (χ2n) is 7.00. The smallest absolute Gasteiger partial charge is 0.494 e. The standard InChI is InChI=1S/C19H22BNO3/c1-18(2)19(3,4)24-20(23-18)15-9-11-16(12-10-15)21-13-14-7-5-6-8-17(14)22/h5-13,22H,1-4H3. The quantitative estimate of drug-likeness (QED) is 0.695. The fraction of sp³-hybridized carbons (Fsp3) is 0.316. The van der Waals surface area contributed by atoms with E-state index < -0.39 is 0 Å². The molecular formula is C19H22BNO3. The first-order chi connectivity index (χ1) is 11.3. The minimum Gasteiger partial charge on any atom is -0.507 e. The molecule has 1 aliphatic rings. The maximum Gasteiger partial charge on any atom is 0.494 e. The van der Waals surface area contributed by atoms with Crippen LogP contribution in [0.4, 0.5) is 5.69 Å². The van der Waals surface area contributed by atoms with Crippen LogP contribution in [0.25, 0.3) is 0 Å². The van der Waals surface area contributed by atoms with Gasteiger partial charge in [-0.05, 0) is 57.4 Å². The van der Waals surface area contributed by atoms with Crippen molar-refractivity contribution in [2.45, 2.75) is 38.9 Å². The van der Waals surface area contributed by atoms with Crippen LogP contribution in [0.1, 0.15) is 33.3 Å². The number of para-hydroxylation sites is 1. The normalized spacial score (nSPS) is 19.1. The molecule has 0 amide bonds. The summed E-state index contributed by atoms with van der Waals surface area (Å²) >= 11 is 0. The van der Waals surface area contributed by atoms with E-state index in [-0.39, 0.29) is 24.1 Å². The zero-order valence-corrected chi connectivity index (χ0v) is 14.5. The minimum atomic E-state index is -0.369. The summed E-state index contributed by atoms with van der Waals surface area (Å²) in [5, 5.41) is 9.75.